The molecule has 0 fully saturated rings. The fourth-order valence-corrected chi connectivity index (χ4v) is 2.33. The number of nitro benzene ring substituents is 1. The minimum atomic E-state index is -0.667. The fraction of sp³-hybridized carbons (Fsp3) is 0.211. The van der Waals surface area contributed by atoms with Gasteiger partial charge in [0.2, 0.25) is 0 Å². The number of nitrogens with zero attached hydrogens (tertiary/aromatic N) is 1. The van der Waals surface area contributed by atoms with Gasteiger partial charge in [0, 0.05) is 23.4 Å². The Labute approximate surface area is 160 Å². The number of carbonyl (C=O) groups is 3. The second kappa shape index (κ2) is 9.26. The summed E-state index contributed by atoms with van der Waals surface area (Å²) < 4.78 is 9.86. The predicted octanol–water partition coefficient (Wildman–Crippen LogP) is 3.20. The number of carbonyl (C=O) groups excluding carboxylic acids is 3. The first kappa shape index (κ1) is 20.6. The van der Waals surface area contributed by atoms with E-state index in [2.05, 4.69) is 5.32 Å². The second-order valence-electron chi connectivity index (χ2n) is 5.50. The van der Waals surface area contributed by atoms with Crippen molar-refractivity contribution in [1.29, 1.82) is 0 Å². The molecule has 28 heavy (non-hydrogen) atoms. The van der Waals surface area contributed by atoms with Crippen LogP contribution in [0.3, 0.4) is 0 Å². The summed E-state index contributed by atoms with van der Waals surface area (Å²) in [5.41, 5.74) is 0.0714. The number of amides is 1. The number of hydrogen-bond acceptors (Lipinski definition) is 7. The SMILES string of the molecule is CCOC(=O)c1cc(NC(=O)c2cccc([N+](=O)[O-])c2)cc(C(=O)OCC)c1. The maximum atomic E-state index is 12.4. The lowest BCUT2D eigenvalue weighted by atomic mass is 10.1. The summed E-state index contributed by atoms with van der Waals surface area (Å²) in [4.78, 5) is 46.8. The first-order valence-electron chi connectivity index (χ1n) is 8.40. The van der Waals surface area contributed by atoms with E-state index in [-0.39, 0.29) is 41.3 Å². The summed E-state index contributed by atoms with van der Waals surface area (Å²) in [5, 5.41) is 13.4. The monoisotopic (exact) mass is 386 g/mol. The Kier molecular flexibility index (Phi) is 6.80. The van der Waals surface area contributed by atoms with Gasteiger partial charge in [0.25, 0.3) is 11.6 Å². The van der Waals surface area contributed by atoms with Gasteiger partial charge in [0.05, 0.1) is 29.3 Å². The smallest absolute Gasteiger partial charge is 0.338 e. The molecule has 0 radical (unpaired) electrons. The molecule has 1 N–H and O–H groups in total. The molecule has 2 aromatic rings. The van der Waals surface area contributed by atoms with E-state index in [0.717, 1.165) is 6.07 Å². The number of nitro groups is 1. The first-order valence-corrected chi connectivity index (χ1v) is 8.40. The van der Waals surface area contributed by atoms with Gasteiger partial charge in [-0.05, 0) is 38.1 Å². The topological polar surface area (TPSA) is 125 Å². The van der Waals surface area contributed by atoms with Crippen molar-refractivity contribution in [2.75, 3.05) is 18.5 Å². The first-order chi connectivity index (χ1) is 13.3. The van der Waals surface area contributed by atoms with Gasteiger partial charge in [-0.2, -0.15) is 0 Å². The molecular weight excluding hydrogens is 368 g/mol. The zero-order valence-electron chi connectivity index (χ0n) is 15.3. The lowest BCUT2D eigenvalue weighted by molar-refractivity contribution is -0.384. The zero-order chi connectivity index (χ0) is 20.7. The van der Waals surface area contributed by atoms with Gasteiger partial charge in [-0.3, -0.25) is 14.9 Å². The van der Waals surface area contributed by atoms with Crippen LogP contribution in [0.5, 0.6) is 0 Å². The van der Waals surface area contributed by atoms with Crippen molar-refractivity contribution in [3.8, 4) is 0 Å². The third kappa shape index (κ3) is 5.13. The summed E-state index contributed by atoms with van der Waals surface area (Å²) >= 11 is 0. The van der Waals surface area contributed by atoms with Crippen LogP contribution >= 0.6 is 0 Å². The number of benzene rings is 2. The van der Waals surface area contributed by atoms with E-state index in [1.807, 2.05) is 0 Å². The molecule has 0 bridgehead atoms. The molecule has 0 saturated heterocycles. The molecule has 0 heterocycles. The lowest BCUT2D eigenvalue weighted by Gasteiger charge is -2.10. The molecule has 0 atom stereocenters. The van der Waals surface area contributed by atoms with Crippen molar-refractivity contribution in [3.63, 3.8) is 0 Å². The Hall–Kier alpha value is -3.75. The van der Waals surface area contributed by atoms with Crippen molar-refractivity contribution in [2.45, 2.75) is 13.8 Å². The van der Waals surface area contributed by atoms with Crippen LogP contribution in [0.1, 0.15) is 44.9 Å². The summed E-state index contributed by atoms with van der Waals surface area (Å²) in [6, 6.07) is 9.16. The van der Waals surface area contributed by atoms with Crippen LogP contribution in [0, 0.1) is 10.1 Å². The molecule has 0 spiro atoms. The molecule has 0 aromatic heterocycles. The quantitative estimate of drug-likeness (QED) is 0.440. The number of ether oxygens (including phenoxy) is 2. The van der Waals surface area contributed by atoms with Crippen molar-refractivity contribution in [2.24, 2.45) is 0 Å². The van der Waals surface area contributed by atoms with Crippen LogP contribution < -0.4 is 5.32 Å². The Balaban J connectivity index is 2.36. The number of hydrogen-bond donors (Lipinski definition) is 1. The number of anilines is 1. The summed E-state index contributed by atoms with van der Waals surface area (Å²) in [7, 11) is 0. The highest BCUT2D eigenvalue weighted by Gasteiger charge is 2.17. The predicted molar refractivity (Wildman–Crippen MR) is 99.4 cm³/mol. The maximum absolute atomic E-state index is 12.4. The molecule has 2 aromatic carbocycles. The molecule has 9 heteroatoms. The molecule has 0 saturated carbocycles. The van der Waals surface area contributed by atoms with E-state index >= 15 is 0 Å². The molecule has 0 unspecified atom stereocenters. The average Bonchev–Trinajstić information content (AvgIpc) is 2.68. The summed E-state index contributed by atoms with van der Waals surface area (Å²) in [5.74, 6) is -1.97. The Bertz CT molecular complexity index is 888. The third-order valence-electron chi connectivity index (χ3n) is 3.53. The van der Waals surface area contributed by atoms with Crippen molar-refractivity contribution < 1.29 is 28.8 Å². The largest absolute Gasteiger partial charge is 0.462 e. The second-order valence-corrected chi connectivity index (χ2v) is 5.50. The van der Waals surface area contributed by atoms with Gasteiger partial charge in [0.15, 0.2) is 0 Å². The fourth-order valence-electron chi connectivity index (χ4n) is 2.33. The molecule has 9 nitrogen and oxygen atoms in total. The molecule has 1 amide bonds. The third-order valence-corrected chi connectivity index (χ3v) is 3.53. The van der Waals surface area contributed by atoms with Crippen molar-refractivity contribution >= 4 is 29.2 Å². The van der Waals surface area contributed by atoms with Crippen LogP contribution in [0.25, 0.3) is 0 Å². The van der Waals surface area contributed by atoms with Crippen LogP contribution in [0.2, 0.25) is 0 Å². The standard InChI is InChI=1S/C19H18N2O7/c1-3-27-18(23)13-8-14(19(24)28-4-2)10-15(9-13)20-17(22)12-6-5-7-16(11-12)21(25)26/h5-11H,3-4H2,1-2H3,(H,20,22). The van der Waals surface area contributed by atoms with Crippen LogP contribution in [0.4, 0.5) is 11.4 Å². The van der Waals surface area contributed by atoms with Gasteiger partial charge in [-0.15, -0.1) is 0 Å². The van der Waals surface area contributed by atoms with Crippen molar-refractivity contribution in [1.82, 2.24) is 0 Å². The number of nitrogens with one attached hydrogen (secondary N) is 1. The van der Waals surface area contributed by atoms with Crippen LogP contribution in [0.15, 0.2) is 42.5 Å². The minimum absolute atomic E-state index is 0.0495. The Morgan fingerprint density at radius 1 is 0.929 bits per heavy atom. The van der Waals surface area contributed by atoms with Crippen LogP contribution in [-0.4, -0.2) is 36.0 Å². The van der Waals surface area contributed by atoms with E-state index in [0.29, 0.717) is 0 Å². The number of rotatable bonds is 7. The zero-order valence-corrected chi connectivity index (χ0v) is 15.3. The molecule has 0 aliphatic heterocycles. The van der Waals surface area contributed by atoms with Gasteiger partial charge >= 0.3 is 11.9 Å². The van der Waals surface area contributed by atoms with E-state index in [1.165, 1.54) is 36.4 Å². The number of esters is 2. The average molecular weight is 386 g/mol. The van der Waals surface area contributed by atoms with Gasteiger partial charge in [-0.1, -0.05) is 6.07 Å². The van der Waals surface area contributed by atoms with E-state index < -0.39 is 22.8 Å². The van der Waals surface area contributed by atoms with E-state index in [9.17, 15) is 24.5 Å². The van der Waals surface area contributed by atoms with Gasteiger partial charge in [-0.25, -0.2) is 9.59 Å². The molecule has 146 valence electrons. The minimum Gasteiger partial charge on any atom is -0.462 e. The lowest BCUT2D eigenvalue weighted by Crippen LogP contribution is -2.15. The van der Waals surface area contributed by atoms with Gasteiger partial charge in [0.1, 0.15) is 0 Å². The maximum Gasteiger partial charge on any atom is 0.338 e. The molecule has 0 aliphatic carbocycles. The Morgan fingerprint density at radius 3 is 2.00 bits per heavy atom. The molecule has 0 aliphatic rings. The highest BCUT2D eigenvalue weighted by atomic mass is 16.6. The van der Waals surface area contributed by atoms with E-state index in [1.54, 1.807) is 13.8 Å². The summed E-state index contributed by atoms with van der Waals surface area (Å²) in [6.45, 7) is 3.55. The van der Waals surface area contributed by atoms with Gasteiger partial charge < -0.3 is 14.8 Å². The summed E-state index contributed by atoms with van der Waals surface area (Å²) in [6.07, 6.45) is 0. The molecule has 2 rings (SSSR count). The van der Waals surface area contributed by atoms with Crippen molar-refractivity contribution in [3.05, 3.63) is 69.3 Å². The Morgan fingerprint density at radius 2 is 1.50 bits per heavy atom. The van der Waals surface area contributed by atoms with Crippen LogP contribution in [-0.2, 0) is 9.47 Å². The number of non-ortho nitro benzene ring substituents is 1. The highest BCUT2D eigenvalue weighted by molar-refractivity contribution is 6.06. The highest BCUT2D eigenvalue weighted by Crippen LogP contribution is 2.19. The van der Waals surface area contributed by atoms with E-state index in [4.69, 9.17) is 9.47 Å². The molecular formula is C19H18N2O7. The normalized spacial score (nSPS) is 10.1.